The first kappa shape index (κ1) is 28.4. The van der Waals surface area contributed by atoms with E-state index >= 15 is 0 Å². The van der Waals surface area contributed by atoms with Crippen molar-refractivity contribution >= 4 is 45.3 Å². The number of hydrogen-bond donors (Lipinski definition) is 2. The number of phenolic OH excluding ortho intramolecular Hbond substituents is 2. The monoisotopic (exact) mass is 600 g/mol. The van der Waals surface area contributed by atoms with Gasteiger partial charge in [-0.1, -0.05) is 60.7 Å². The molecular weight excluding hydrogens is 572 g/mol. The fraction of sp³-hybridized carbons (Fsp3) is 0. The summed E-state index contributed by atoms with van der Waals surface area (Å²) in [6.45, 7) is 0. The van der Waals surface area contributed by atoms with Crippen molar-refractivity contribution in [1.29, 1.82) is 0 Å². The van der Waals surface area contributed by atoms with Crippen molar-refractivity contribution in [3.8, 4) is 34.5 Å². The van der Waals surface area contributed by atoms with E-state index in [0.717, 1.165) is 32.9 Å². The van der Waals surface area contributed by atoms with Gasteiger partial charge in [0.1, 0.15) is 34.5 Å². The van der Waals surface area contributed by atoms with Gasteiger partial charge in [-0.2, -0.15) is 0 Å². The highest BCUT2D eigenvalue weighted by Gasteiger charge is 2.06. The lowest BCUT2D eigenvalue weighted by Crippen LogP contribution is -1.87. The smallest absolute Gasteiger partial charge is 0.127 e. The quantitative estimate of drug-likeness (QED) is 0.170. The molecular formula is C40H28N2O4. The maximum atomic E-state index is 10.4. The maximum absolute atomic E-state index is 10.4. The van der Waals surface area contributed by atoms with Gasteiger partial charge in [0.25, 0.3) is 0 Å². The number of benzene rings is 7. The van der Waals surface area contributed by atoms with Gasteiger partial charge in [-0.15, -0.1) is 0 Å². The molecule has 6 heteroatoms. The van der Waals surface area contributed by atoms with Gasteiger partial charge in [-0.05, 0) is 106 Å². The number of rotatable bonds is 8. The molecule has 0 heterocycles. The summed E-state index contributed by atoms with van der Waals surface area (Å²) in [6.07, 6.45) is 3.37. The van der Waals surface area contributed by atoms with Crippen molar-refractivity contribution in [3.05, 3.63) is 157 Å². The van der Waals surface area contributed by atoms with E-state index in [1.54, 1.807) is 24.6 Å². The first-order valence-corrected chi connectivity index (χ1v) is 14.7. The first-order valence-electron chi connectivity index (χ1n) is 14.7. The lowest BCUT2D eigenvalue weighted by Gasteiger charge is -2.09. The largest absolute Gasteiger partial charge is 0.507 e. The highest BCUT2D eigenvalue weighted by molar-refractivity contribution is 6.03. The van der Waals surface area contributed by atoms with Crippen LogP contribution in [0.25, 0.3) is 21.5 Å². The predicted octanol–water partition coefficient (Wildman–Crippen LogP) is 10.5. The van der Waals surface area contributed by atoms with Crippen molar-refractivity contribution in [2.75, 3.05) is 0 Å². The van der Waals surface area contributed by atoms with E-state index in [0.29, 0.717) is 34.1 Å². The van der Waals surface area contributed by atoms with Gasteiger partial charge in [0.05, 0.1) is 11.4 Å². The van der Waals surface area contributed by atoms with Crippen LogP contribution in [0.15, 0.2) is 156 Å². The summed E-state index contributed by atoms with van der Waals surface area (Å²) in [5, 5.41) is 24.7. The molecule has 0 amide bonds. The summed E-state index contributed by atoms with van der Waals surface area (Å²) < 4.78 is 12.0. The Morgan fingerprint density at radius 2 is 0.739 bits per heavy atom. The topological polar surface area (TPSA) is 83.6 Å². The molecule has 46 heavy (non-hydrogen) atoms. The molecule has 222 valence electrons. The molecule has 7 aromatic rings. The third-order valence-corrected chi connectivity index (χ3v) is 7.55. The minimum atomic E-state index is 0.190. The zero-order chi connectivity index (χ0) is 31.3. The van der Waals surface area contributed by atoms with E-state index in [1.165, 1.54) is 0 Å². The van der Waals surface area contributed by atoms with E-state index in [2.05, 4.69) is 9.98 Å². The molecule has 2 N–H and O–H groups in total. The molecule has 0 fully saturated rings. The molecule has 7 rings (SSSR count). The normalized spacial score (nSPS) is 11.5. The van der Waals surface area contributed by atoms with Gasteiger partial charge >= 0.3 is 0 Å². The molecule has 0 spiro atoms. The van der Waals surface area contributed by atoms with Crippen molar-refractivity contribution < 1.29 is 19.7 Å². The summed E-state index contributed by atoms with van der Waals surface area (Å²) in [6, 6.07) is 45.2. The average Bonchev–Trinajstić information content (AvgIpc) is 3.09. The Hall–Kier alpha value is -6.40. The Labute approximate surface area is 265 Å². The predicted molar refractivity (Wildman–Crippen MR) is 185 cm³/mol. The third-order valence-electron chi connectivity index (χ3n) is 7.55. The third kappa shape index (κ3) is 6.27. The number of phenols is 2. The summed E-state index contributed by atoms with van der Waals surface area (Å²) in [7, 11) is 0. The highest BCUT2D eigenvalue weighted by Crippen LogP contribution is 2.31. The molecule has 0 saturated carbocycles. The second kappa shape index (κ2) is 12.7. The van der Waals surface area contributed by atoms with Crippen LogP contribution in [0.5, 0.6) is 34.5 Å². The zero-order valence-electron chi connectivity index (χ0n) is 24.6. The fourth-order valence-electron chi connectivity index (χ4n) is 5.17. The maximum Gasteiger partial charge on any atom is 0.127 e. The SMILES string of the molecule is Oc1ccc2ccccc2c1C=Nc1ccc(Oc2ccc(Oc3ccc(N=Cc4c(O)ccc5ccccc45)cc3)cc2)cc1. The second-order valence-electron chi connectivity index (χ2n) is 10.6. The molecule has 0 bridgehead atoms. The molecule has 0 aliphatic rings. The minimum Gasteiger partial charge on any atom is -0.507 e. The van der Waals surface area contributed by atoms with Gasteiger partial charge in [0.15, 0.2) is 0 Å². The molecule has 7 aromatic carbocycles. The van der Waals surface area contributed by atoms with E-state index in [1.807, 2.05) is 133 Å². The number of aliphatic imine (C=N–C) groups is 2. The molecule has 0 aliphatic carbocycles. The summed E-state index contributed by atoms with van der Waals surface area (Å²) >= 11 is 0. The van der Waals surface area contributed by atoms with E-state index in [9.17, 15) is 10.2 Å². The zero-order valence-corrected chi connectivity index (χ0v) is 24.6. The van der Waals surface area contributed by atoms with Crippen LogP contribution in [0, 0.1) is 0 Å². The number of ether oxygens (including phenoxy) is 2. The van der Waals surface area contributed by atoms with Crippen LogP contribution in [-0.4, -0.2) is 22.6 Å². The van der Waals surface area contributed by atoms with E-state index in [-0.39, 0.29) is 11.5 Å². The Bertz CT molecular complexity index is 2050. The Morgan fingerprint density at radius 1 is 0.391 bits per heavy atom. The standard InChI is InChI=1S/C40H28N2O4/c43-39-23-9-27-5-1-3-7-35(27)37(39)25-41-29-11-15-31(16-12-29)45-33-19-21-34(22-20-33)46-32-17-13-30(14-18-32)42-26-38-36-8-4-2-6-28(36)10-24-40(38)44/h1-26,43-44H. The Morgan fingerprint density at radius 3 is 1.13 bits per heavy atom. The second-order valence-corrected chi connectivity index (χ2v) is 10.6. The average molecular weight is 601 g/mol. The number of hydrogen-bond acceptors (Lipinski definition) is 6. The van der Waals surface area contributed by atoms with Crippen LogP contribution in [-0.2, 0) is 0 Å². The van der Waals surface area contributed by atoms with Crippen molar-refractivity contribution in [1.82, 2.24) is 0 Å². The van der Waals surface area contributed by atoms with Gasteiger partial charge in [-0.25, -0.2) is 0 Å². The minimum absolute atomic E-state index is 0.190. The van der Waals surface area contributed by atoms with Crippen LogP contribution < -0.4 is 9.47 Å². The van der Waals surface area contributed by atoms with Crippen LogP contribution in [0.1, 0.15) is 11.1 Å². The molecule has 0 unspecified atom stereocenters. The van der Waals surface area contributed by atoms with E-state index in [4.69, 9.17) is 9.47 Å². The van der Waals surface area contributed by atoms with Crippen molar-refractivity contribution in [3.63, 3.8) is 0 Å². The molecule has 0 saturated heterocycles. The van der Waals surface area contributed by atoms with Gasteiger partial charge in [-0.3, -0.25) is 9.98 Å². The van der Waals surface area contributed by atoms with Crippen LogP contribution in [0.2, 0.25) is 0 Å². The molecule has 0 radical (unpaired) electrons. The van der Waals surface area contributed by atoms with Crippen molar-refractivity contribution in [2.24, 2.45) is 9.98 Å². The molecule has 6 nitrogen and oxygen atoms in total. The van der Waals surface area contributed by atoms with Gasteiger partial charge in [0.2, 0.25) is 0 Å². The lowest BCUT2D eigenvalue weighted by atomic mass is 10.0. The molecule has 0 aromatic heterocycles. The molecule has 0 atom stereocenters. The fourth-order valence-corrected chi connectivity index (χ4v) is 5.17. The van der Waals surface area contributed by atoms with E-state index < -0.39 is 0 Å². The Balaban J connectivity index is 0.965. The van der Waals surface area contributed by atoms with Crippen LogP contribution in [0.4, 0.5) is 11.4 Å². The van der Waals surface area contributed by atoms with Crippen LogP contribution >= 0.6 is 0 Å². The summed E-state index contributed by atoms with van der Waals surface area (Å²) in [5.41, 5.74) is 2.85. The van der Waals surface area contributed by atoms with Crippen molar-refractivity contribution in [2.45, 2.75) is 0 Å². The summed E-state index contributed by atoms with van der Waals surface area (Å²) in [5.74, 6) is 3.07. The number of fused-ring (bicyclic) bond motifs is 2. The van der Waals surface area contributed by atoms with Crippen LogP contribution in [0.3, 0.4) is 0 Å². The molecule has 0 aliphatic heterocycles. The van der Waals surface area contributed by atoms with Gasteiger partial charge < -0.3 is 19.7 Å². The van der Waals surface area contributed by atoms with Gasteiger partial charge in [0, 0.05) is 23.6 Å². The summed E-state index contributed by atoms with van der Waals surface area (Å²) in [4.78, 5) is 9.11. The highest BCUT2D eigenvalue weighted by atomic mass is 16.5. The Kier molecular flexibility index (Phi) is 7.82. The number of nitrogens with zero attached hydrogens (tertiary/aromatic N) is 2. The number of aromatic hydroxyl groups is 2. The first-order chi connectivity index (χ1) is 22.6. The lowest BCUT2D eigenvalue weighted by molar-refractivity contribution is 0.469.